The van der Waals surface area contributed by atoms with Crippen LogP contribution >= 0.6 is 0 Å². The number of aromatic nitrogens is 1. The van der Waals surface area contributed by atoms with Gasteiger partial charge in [0.15, 0.2) is 0 Å². The Kier molecular flexibility index (Phi) is 3.38. The standard InChI is InChI=1S/C13H18N2/c1-2-12-7-8-13(14-11-12)15-9-5-3-4-6-10-15/h2,7-8,11H,1,3-6,9-10H2. The zero-order valence-corrected chi connectivity index (χ0v) is 9.15. The Morgan fingerprint density at radius 3 is 2.40 bits per heavy atom. The average molecular weight is 202 g/mol. The quantitative estimate of drug-likeness (QED) is 0.732. The minimum atomic E-state index is 1.09. The number of anilines is 1. The third-order valence-electron chi connectivity index (χ3n) is 2.94. The molecule has 2 nitrogen and oxygen atoms in total. The summed E-state index contributed by atoms with van der Waals surface area (Å²) in [7, 11) is 0. The van der Waals surface area contributed by atoms with Crippen LogP contribution < -0.4 is 4.90 Å². The van der Waals surface area contributed by atoms with Crippen molar-refractivity contribution in [2.24, 2.45) is 0 Å². The average Bonchev–Trinajstić information content (AvgIpc) is 2.58. The maximum Gasteiger partial charge on any atom is 0.128 e. The van der Waals surface area contributed by atoms with E-state index in [1.807, 2.05) is 12.3 Å². The molecule has 2 rings (SSSR count). The van der Waals surface area contributed by atoms with Gasteiger partial charge < -0.3 is 4.90 Å². The molecule has 2 heteroatoms. The van der Waals surface area contributed by atoms with Crippen LogP contribution in [0.2, 0.25) is 0 Å². The normalized spacial score (nSPS) is 17.2. The Labute approximate surface area is 91.6 Å². The Hall–Kier alpha value is -1.31. The predicted octanol–water partition coefficient (Wildman–Crippen LogP) is 3.11. The fraction of sp³-hybridized carbons (Fsp3) is 0.462. The molecule has 0 aliphatic carbocycles. The third kappa shape index (κ3) is 2.58. The summed E-state index contributed by atoms with van der Waals surface area (Å²) in [5.41, 5.74) is 1.09. The van der Waals surface area contributed by atoms with Crippen LogP contribution in [0.15, 0.2) is 24.9 Å². The van der Waals surface area contributed by atoms with Crippen molar-refractivity contribution in [2.45, 2.75) is 25.7 Å². The highest BCUT2D eigenvalue weighted by atomic mass is 15.2. The molecule has 0 bridgehead atoms. The zero-order chi connectivity index (χ0) is 10.5. The second-order valence-corrected chi connectivity index (χ2v) is 4.06. The summed E-state index contributed by atoms with van der Waals surface area (Å²) in [6.45, 7) is 6.04. The molecule has 1 aromatic heterocycles. The van der Waals surface area contributed by atoms with Gasteiger partial charge in [0.25, 0.3) is 0 Å². The molecule has 0 radical (unpaired) electrons. The first kappa shape index (κ1) is 10.2. The van der Waals surface area contributed by atoms with Crippen LogP contribution in [0.3, 0.4) is 0 Å². The van der Waals surface area contributed by atoms with Gasteiger partial charge in [-0.3, -0.25) is 0 Å². The molecule has 0 unspecified atom stereocenters. The van der Waals surface area contributed by atoms with Crippen LogP contribution in [0, 0.1) is 0 Å². The monoisotopic (exact) mass is 202 g/mol. The number of hydrogen-bond donors (Lipinski definition) is 0. The van der Waals surface area contributed by atoms with Crippen LogP contribution in [-0.2, 0) is 0 Å². The molecule has 0 amide bonds. The molecule has 1 saturated heterocycles. The highest BCUT2D eigenvalue weighted by Gasteiger charge is 2.10. The van der Waals surface area contributed by atoms with Crippen LogP contribution in [-0.4, -0.2) is 18.1 Å². The molecule has 1 aromatic rings. The van der Waals surface area contributed by atoms with E-state index in [9.17, 15) is 0 Å². The summed E-state index contributed by atoms with van der Waals surface area (Å²) in [5, 5.41) is 0. The van der Waals surface area contributed by atoms with Gasteiger partial charge in [-0.1, -0.05) is 25.5 Å². The lowest BCUT2D eigenvalue weighted by Crippen LogP contribution is -2.24. The van der Waals surface area contributed by atoms with Gasteiger partial charge in [-0.15, -0.1) is 0 Å². The topological polar surface area (TPSA) is 16.1 Å². The van der Waals surface area contributed by atoms with Gasteiger partial charge in [0.05, 0.1) is 0 Å². The first-order chi connectivity index (χ1) is 7.40. The fourth-order valence-corrected chi connectivity index (χ4v) is 2.01. The molecular formula is C13H18N2. The van der Waals surface area contributed by atoms with E-state index >= 15 is 0 Å². The van der Waals surface area contributed by atoms with Crippen molar-refractivity contribution in [1.82, 2.24) is 4.98 Å². The molecule has 80 valence electrons. The summed E-state index contributed by atoms with van der Waals surface area (Å²) in [4.78, 5) is 6.86. The highest BCUT2D eigenvalue weighted by Crippen LogP contribution is 2.17. The second-order valence-electron chi connectivity index (χ2n) is 4.06. The van der Waals surface area contributed by atoms with Gasteiger partial charge in [-0.2, -0.15) is 0 Å². The van der Waals surface area contributed by atoms with E-state index in [4.69, 9.17) is 0 Å². The lowest BCUT2D eigenvalue weighted by atomic mass is 10.2. The van der Waals surface area contributed by atoms with Crippen LogP contribution in [0.1, 0.15) is 31.2 Å². The molecular weight excluding hydrogens is 184 g/mol. The molecule has 1 aliphatic heterocycles. The summed E-state index contributed by atoms with van der Waals surface area (Å²) in [5.74, 6) is 1.11. The van der Waals surface area contributed by atoms with E-state index < -0.39 is 0 Å². The highest BCUT2D eigenvalue weighted by molar-refractivity contribution is 5.49. The first-order valence-corrected chi connectivity index (χ1v) is 5.73. The van der Waals surface area contributed by atoms with E-state index in [2.05, 4.69) is 28.6 Å². The largest absolute Gasteiger partial charge is 0.357 e. The van der Waals surface area contributed by atoms with Crippen molar-refractivity contribution in [3.8, 4) is 0 Å². The van der Waals surface area contributed by atoms with Crippen molar-refractivity contribution in [1.29, 1.82) is 0 Å². The summed E-state index contributed by atoms with van der Waals surface area (Å²) in [6.07, 6.45) is 9.05. The van der Waals surface area contributed by atoms with Gasteiger partial charge in [-0.25, -0.2) is 4.98 Å². The molecule has 0 saturated carbocycles. The van der Waals surface area contributed by atoms with Crippen molar-refractivity contribution < 1.29 is 0 Å². The van der Waals surface area contributed by atoms with Gasteiger partial charge in [-0.05, 0) is 30.5 Å². The minimum absolute atomic E-state index is 1.09. The summed E-state index contributed by atoms with van der Waals surface area (Å²) >= 11 is 0. The predicted molar refractivity (Wildman–Crippen MR) is 65.0 cm³/mol. The first-order valence-electron chi connectivity index (χ1n) is 5.73. The fourth-order valence-electron chi connectivity index (χ4n) is 2.01. The maximum absolute atomic E-state index is 4.47. The number of rotatable bonds is 2. The number of nitrogens with zero attached hydrogens (tertiary/aromatic N) is 2. The van der Waals surface area contributed by atoms with E-state index in [0.717, 1.165) is 24.5 Å². The third-order valence-corrected chi connectivity index (χ3v) is 2.94. The molecule has 15 heavy (non-hydrogen) atoms. The van der Waals surface area contributed by atoms with Crippen molar-refractivity contribution in [3.05, 3.63) is 30.5 Å². The van der Waals surface area contributed by atoms with Gasteiger partial charge >= 0.3 is 0 Å². The van der Waals surface area contributed by atoms with Crippen LogP contribution in [0.4, 0.5) is 5.82 Å². The maximum atomic E-state index is 4.47. The molecule has 0 N–H and O–H groups in total. The van der Waals surface area contributed by atoms with Gasteiger partial charge in [0.1, 0.15) is 5.82 Å². The molecule has 0 atom stereocenters. The second kappa shape index (κ2) is 4.96. The Balaban J connectivity index is 2.09. The van der Waals surface area contributed by atoms with Gasteiger partial charge in [0.2, 0.25) is 0 Å². The van der Waals surface area contributed by atoms with Crippen LogP contribution in [0.25, 0.3) is 6.08 Å². The van der Waals surface area contributed by atoms with E-state index in [1.165, 1.54) is 25.7 Å². The SMILES string of the molecule is C=Cc1ccc(N2CCCCCC2)nc1. The molecule has 0 aromatic carbocycles. The zero-order valence-electron chi connectivity index (χ0n) is 9.15. The smallest absolute Gasteiger partial charge is 0.128 e. The summed E-state index contributed by atoms with van der Waals surface area (Å²) < 4.78 is 0. The Bertz CT molecular complexity index is 308. The van der Waals surface area contributed by atoms with Crippen LogP contribution in [0.5, 0.6) is 0 Å². The minimum Gasteiger partial charge on any atom is -0.357 e. The van der Waals surface area contributed by atoms with E-state index in [1.54, 1.807) is 0 Å². The molecule has 1 aliphatic rings. The van der Waals surface area contributed by atoms with Crippen molar-refractivity contribution in [3.63, 3.8) is 0 Å². The molecule has 2 heterocycles. The van der Waals surface area contributed by atoms with Crippen molar-refractivity contribution in [2.75, 3.05) is 18.0 Å². The lowest BCUT2D eigenvalue weighted by Gasteiger charge is -2.21. The molecule has 1 fully saturated rings. The van der Waals surface area contributed by atoms with E-state index in [0.29, 0.717) is 0 Å². The Morgan fingerprint density at radius 2 is 1.87 bits per heavy atom. The Morgan fingerprint density at radius 1 is 1.13 bits per heavy atom. The summed E-state index contributed by atoms with van der Waals surface area (Å²) in [6, 6.07) is 4.18. The van der Waals surface area contributed by atoms with Gasteiger partial charge in [0, 0.05) is 19.3 Å². The lowest BCUT2D eigenvalue weighted by molar-refractivity contribution is 0.726. The molecule has 0 spiro atoms. The number of pyridine rings is 1. The number of hydrogen-bond acceptors (Lipinski definition) is 2. The van der Waals surface area contributed by atoms with Crippen molar-refractivity contribution >= 4 is 11.9 Å². The van der Waals surface area contributed by atoms with E-state index in [-0.39, 0.29) is 0 Å².